The lowest BCUT2D eigenvalue weighted by Gasteiger charge is -2.37. The van der Waals surface area contributed by atoms with E-state index in [0.29, 0.717) is 29.8 Å². The van der Waals surface area contributed by atoms with Crippen LogP contribution in [-0.2, 0) is 4.79 Å². The van der Waals surface area contributed by atoms with Gasteiger partial charge in [0.25, 0.3) is 0 Å². The molecule has 0 fully saturated rings. The van der Waals surface area contributed by atoms with Gasteiger partial charge in [-0.05, 0) is 42.9 Å². The second kappa shape index (κ2) is 8.88. The lowest BCUT2D eigenvalue weighted by molar-refractivity contribution is -0.132. The first-order chi connectivity index (χ1) is 14.0. The average molecular weight is 383 g/mol. The maximum atomic E-state index is 13.2. The van der Waals surface area contributed by atoms with Gasteiger partial charge in [-0.25, -0.2) is 4.99 Å². The highest BCUT2D eigenvalue weighted by Crippen LogP contribution is 2.31. The number of allylic oxidation sites excluding steroid dienone is 10. The quantitative estimate of drug-likeness (QED) is 0.435. The molecule has 2 unspecified atom stereocenters. The van der Waals surface area contributed by atoms with Crippen LogP contribution in [0.15, 0.2) is 107 Å². The second-order valence-electron chi connectivity index (χ2n) is 6.74. The molecule has 0 aromatic rings. The summed E-state index contributed by atoms with van der Waals surface area (Å²) in [5.41, 5.74) is 4.45. The molecule has 1 heterocycles. The molecule has 0 saturated heterocycles. The molecule has 3 aliphatic rings. The van der Waals surface area contributed by atoms with Gasteiger partial charge in [-0.1, -0.05) is 37.5 Å². The number of carbonyl (C=O) groups excluding carboxylic acids is 1. The highest BCUT2D eigenvalue weighted by atomic mass is 16.3. The van der Waals surface area contributed by atoms with Crippen LogP contribution >= 0.6 is 0 Å². The van der Waals surface area contributed by atoms with E-state index in [0.717, 1.165) is 5.70 Å². The van der Waals surface area contributed by atoms with E-state index in [1.165, 1.54) is 0 Å². The lowest BCUT2D eigenvalue weighted by Crippen LogP contribution is -2.49. The minimum absolute atomic E-state index is 0.0443. The zero-order valence-corrected chi connectivity index (χ0v) is 16.0. The van der Waals surface area contributed by atoms with Crippen LogP contribution in [0, 0.1) is 17.2 Å². The number of rotatable bonds is 5. The fraction of sp³-hybridized carbons (Fsp3) is 0.167. The molecule has 0 radical (unpaired) electrons. The van der Waals surface area contributed by atoms with Gasteiger partial charge in [0.1, 0.15) is 5.84 Å². The number of amides is 1. The number of hydrogen-bond donors (Lipinski definition) is 1. The summed E-state index contributed by atoms with van der Waals surface area (Å²) in [5, 5.41) is 18.8. The first-order valence-corrected chi connectivity index (χ1v) is 9.23. The summed E-state index contributed by atoms with van der Waals surface area (Å²) in [6.45, 7) is 7.26. The van der Waals surface area contributed by atoms with Gasteiger partial charge >= 0.3 is 0 Å². The molecule has 1 N–H and O–H groups in total. The predicted octanol–water partition coefficient (Wildman–Crippen LogP) is 4.36. The van der Waals surface area contributed by atoms with Crippen molar-refractivity contribution in [3.8, 4) is 6.07 Å². The van der Waals surface area contributed by atoms with E-state index >= 15 is 0 Å². The fourth-order valence-electron chi connectivity index (χ4n) is 3.27. The number of amidine groups is 1. The monoisotopic (exact) mass is 383 g/mol. The molecule has 0 saturated carbocycles. The Balaban J connectivity index is 1.95. The van der Waals surface area contributed by atoms with Crippen LogP contribution in [0.5, 0.6) is 0 Å². The molecule has 3 rings (SSSR count). The summed E-state index contributed by atoms with van der Waals surface area (Å²) < 4.78 is 0. The van der Waals surface area contributed by atoms with Gasteiger partial charge in [-0.2, -0.15) is 5.26 Å². The first kappa shape index (κ1) is 19.9. The molecular formula is C24H21N3O2. The molecule has 5 nitrogen and oxygen atoms in total. The van der Waals surface area contributed by atoms with Crippen LogP contribution in [0.2, 0.25) is 0 Å². The van der Waals surface area contributed by atoms with E-state index in [1.807, 2.05) is 30.4 Å². The van der Waals surface area contributed by atoms with Crippen molar-refractivity contribution in [1.82, 2.24) is 4.90 Å². The van der Waals surface area contributed by atoms with Crippen LogP contribution in [0.1, 0.15) is 12.8 Å². The van der Waals surface area contributed by atoms with E-state index < -0.39 is 0 Å². The smallest absolute Gasteiger partial charge is 0.238 e. The maximum Gasteiger partial charge on any atom is 0.238 e. The number of aliphatic hydroxyl groups excluding tert-OH is 1. The third kappa shape index (κ3) is 4.52. The topological polar surface area (TPSA) is 76.7 Å². The number of nitrogens with zero attached hydrogens (tertiary/aromatic N) is 3. The van der Waals surface area contributed by atoms with Crippen molar-refractivity contribution in [3.05, 3.63) is 102 Å². The number of hydrogen-bond acceptors (Lipinski definition) is 4. The Morgan fingerprint density at radius 1 is 1.31 bits per heavy atom. The Morgan fingerprint density at radius 2 is 2.14 bits per heavy atom. The van der Waals surface area contributed by atoms with Crippen molar-refractivity contribution < 1.29 is 9.90 Å². The third-order valence-corrected chi connectivity index (χ3v) is 4.75. The number of fused-ring (bicyclic) bond motifs is 1. The predicted molar refractivity (Wildman–Crippen MR) is 114 cm³/mol. The minimum atomic E-state index is -0.313. The fourth-order valence-corrected chi connectivity index (χ4v) is 3.27. The van der Waals surface area contributed by atoms with E-state index in [2.05, 4.69) is 18.9 Å². The summed E-state index contributed by atoms with van der Waals surface area (Å²) >= 11 is 0. The van der Waals surface area contributed by atoms with Crippen molar-refractivity contribution >= 4 is 11.7 Å². The largest absolute Gasteiger partial charge is 0.512 e. The van der Waals surface area contributed by atoms with E-state index in [4.69, 9.17) is 10.3 Å². The molecule has 2 atom stereocenters. The average Bonchev–Trinajstić information content (AvgIpc) is 2.73. The molecule has 0 bridgehead atoms. The second-order valence-corrected chi connectivity index (χ2v) is 6.74. The summed E-state index contributed by atoms with van der Waals surface area (Å²) in [7, 11) is 0. The van der Waals surface area contributed by atoms with Gasteiger partial charge in [-0.15, -0.1) is 5.73 Å². The Morgan fingerprint density at radius 3 is 2.86 bits per heavy atom. The van der Waals surface area contributed by atoms with Crippen molar-refractivity contribution in [3.63, 3.8) is 0 Å². The van der Waals surface area contributed by atoms with Crippen LogP contribution in [-0.4, -0.2) is 27.8 Å². The molecule has 0 aromatic carbocycles. The molecular weight excluding hydrogens is 362 g/mol. The highest BCUT2D eigenvalue weighted by Gasteiger charge is 2.38. The molecule has 5 heteroatoms. The Kier molecular flexibility index (Phi) is 6.09. The number of aliphatic imine (C=N–C) groups is 1. The number of aliphatic hydroxyl groups is 1. The van der Waals surface area contributed by atoms with Crippen LogP contribution < -0.4 is 0 Å². The summed E-state index contributed by atoms with van der Waals surface area (Å²) in [4.78, 5) is 19.6. The standard InChI is InChI=1S/C24H21N3O2/c1-3-18(12-11-17(2)16-25)13-14-23-26-22-10-5-4-9-21(22)24(29)27(23)19-7-6-8-20(28)15-19/h4-8,10-14,19,21,28H,1-2,9,15H2/b12-11-,14-13+. The van der Waals surface area contributed by atoms with Gasteiger partial charge in [0, 0.05) is 17.6 Å². The lowest BCUT2D eigenvalue weighted by atomic mass is 9.92. The SMILES string of the molecule is C=C=C(/C=C\C(=C)C#N)/C=C/C1=NC2=CC=CCC2C(=O)N1C1C=CC=C(O)C1. The molecule has 2 aliphatic carbocycles. The van der Waals surface area contributed by atoms with Gasteiger partial charge in [0.2, 0.25) is 5.91 Å². The normalized spacial score (nSPS) is 23.2. The van der Waals surface area contributed by atoms with Crippen LogP contribution in [0.25, 0.3) is 0 Å². The summed E-state index contributed by atoms with van der Waals surface area (Å²) in [6, 6.07) is 1.64. The van der Waals surface area contributed by atoms with E-state index in [1.54, 1.807) is 41.4 Å². The molecule has 0 spiro atoms. The van der Waals surface area contributed by atoms with Crippen molar-refractivity contribution in [2.75, 3.05) is 0 Å². The minimum Gasteiger partial charge on any atom is -0.512 e. The van der Waals surface area contributed by atoms with E-state index in [-0.39, 0.29) is 23.6 Å². The maximum absolute atomic E-state index is 13.2. The van der Waals surface area contributed by atoms with Crippen molar-refractivity contribution in [2.24, 2.45) is 10.9 Å². The third-order valence-electron chi connectivity index (χ3n) is 4.75. The number of nitriles is 1. The zero-order valence-electron chi connectivity index (χ0n) is 16.0. The highest BCUT2D eigenvalue weighted by molar-refractivity contribution is 6.09. The van der Waals surface area contributed by atoms with Crippen LogP contribution in [0.3, 0.4) is 0 Å². The molecule has 0 aromatic heterocycles. The van der Waals surface area contributed by atoms with E-state index in [9.17, 15) is 9.90 Å². The van der Waals surface area contributed by atoms with Gasteiger partial charge in [0.05, 0.1) is 29.5 Å². The first-order valence-electron chi connectivity index (χ1n) is 9.23. The molecule has 144 valence electrons. The van der Waals surface area contributed by atoms with Crippen molar-refractivity contribution in [2.45, 2.75) is 18.9 Å². The Hall–Kier alpha value is -3.87. The van der Waals surface area contributed by atoms with Gasteiger partial charge < -0.3 is 5.11 Å². The van der Waals surface area contributed by atoms with Crippen molar-refractivity contribution in [1.29, 1.82) is 5.26 Å². The molecule has 1 amide bonds. The van der Waals surface area contributed by atoms with Gasteiger partial charge in [0.15, 0.2) is 0 Å². The Bertz CT molecular complexity index is 1030. The Labute approximate surface area is 170 Å². The van der Waals surface area contributed by atoms with Gasteiger partial charge in [-0.3, -0.25) is 9.69 Å². The number of carbonyl (C=O) groups is 1. The summed E-state index contributed by atoms with van der Waals surface area (Å²) in [6.07, 6.45) is 18.6. The molecule has 1 aliphatic heterocycles. The molecule has 29 heavy (non-hydrogen) atoms. The zero-order chi connectivity index (χ0) is 20.8. The van der Waals surface area contributed by atoms with Crippen LogP contribution in [0.4, 0.5) is 0 Å². The summed E-state index contributed by atoms with van der Waals surface area (Å²) in [5.74, 6) is 0.351.